The Morgan fingerprint density at radius 2 is 0.627 bits per heavy atom. The van der Waals surface area contributed by atoms with Crippen LogP contribution in [0.2, 0.25) is 0 Å². The first-order chi connectivity index (χ1) is 62.4. The van der Waals surface area contributed by atoms with Crippen molar-refractivity contribution in [3.05, 3.63) is 382 Å². The number of nitrogens with zero attached hydrogens (tertiary/aromatic N) is 11. The Morgan fingerprint density at radius 1 is 0.206 bits per heavy atom. The maximum absolute atomic E-state index is 7.07. The van der Waals surface area contributed by atoms with E-state index < -0.39 is 0 Å². The molecule has 16 heteroatoms. The molecular weight excluding hydrogens is 1550 g/mol. The first-order valence-corrected chi connectivity index (χ1v) is 41.7. The zero-order chi connectivity index (χ0) is 82.9. The minimum absolute atomic E-state index is 0.455. The predicted molar refractivity (Wildman–Crippen MR) is 503 cm³/mol. The highest BCUT2D eigenvalue weighted by Crippen LogP contribution is 2.47. The van der Waals surface area contributed by atoms with Gasteiger partial charge in [-0.25, -0.2) is 49.8 Å². The van der Waals surface area contributed by atoms with Gasteiger partial charge in [0.2, 0.25) is 0 Å². The number of rotatable bonds is 15. The number of hydrogen-bond donors (Lipinski definition) is 1. The van der Waals surface area contributed by atoms with E-state index >= 15 is 0 Å². The van der Waals surface area contributed by atoms with Crippen LogP contribution < -0.4 is 5.32 Å². The molecule has 0 aliphatic rings. The molecule has 0 fully saturated rings. The van der Waals surface area contributed by atoms with E-state index in [4.69, 9.17) is 67.5 Å². The molecule has 0 amide bonds. The van der Waals surface area contributed by atoms with Crippen molar-refractivity contribution in [3.8, 4) is 142 Å². The molecule has 0 aliphatic carbocycles. The molecule has 588 valence electrons. The molecule has 9 heterocycles. The monoisotopic (exact) mass is 1620 g/mol. The van der Waals surface area contributed by atoms with Crippen LogP contribution in [0, 0.1) is 0 Å². The van der Waals surface area contributed by atoms with Crippen molar-refractivity contribution in [2.75, 3.05) is 5.32 Å². The second kappa shape index (κ2) is 29.2. The molecule has 0 unspecified atom stereocenters. The molecule has 25 aromatic rings. The number of aromatic nitrogens is 11. The van der Waals surface area contributed by atoms with E-state index in [1.165, 1.54) is 0 Å². The summed E-state index contributed by atoms with van der Waals surface area (Å²) in [7, 11) is 0. The van der Waals surface area contributed by atoms with E-state index in [2.05, 4.69) is 210 Å². The minimum Gasteiger partial charge on any atom is -0.455 e. The molecule has 9 aromatic heterocycles. The van der Waals surface area contributed by atoms with Gasteiger partial charge < -0.3 is 27.6 Å². The van der Waals surface area contributed by atoms with E-state index in [0.29, 0.717) is 125 Å². The quantitative estimate of drug-likeness (QED) is 0.102. The smallest absolute Gasteiger partial charge is 0.180 e. The maximum atomic E-state index is 7.07. The standard InChI is InChI=1S/C110H64N12O4/c1-7-27-64(28-8-1)85-60-71(53-57-87(85)111-74-37-15-5-16-38-74)106-118-104(67-33-13-4-14-34-67)120-110(121-106)84-47-25-44-81-94-82(45-26-50-91(94)124-100(81)84)108-112-95(65-29-9-2-10-30-65)101-98(114-108)80-56-51-69(62-93(80)126-101)68-35-23-36-70(59-68)96-102-97(79-42-20-22-49-90(79)123-102)115-109(113-96)83-46-24-43-78-77-55-52-73(63-92(77)125-99(78)83)107-117-103(66-31-11-3-12-32-66)116-105(119-107)72-54-58-89-86(61-72)76-41-19-21-48-88(76)122(89)75-39-17-6-18-40-75/h1-63,111H. The lowest BCUT2D eigenvalue weighted by molar-refractivity contribution is 0.666. The topological polar surface area (TPSA) is 198 Å². The molecule has 16 aromatic carbocycles. The van der Waals surface area contributed by atoms with E-state index in [1.807, 2.05) is 182 Å². The summed E-state index contributed by atoms with van der Waals surface area (Å²) in [6.07, 6.45) is 0. The zero-order valence-corrected chi connectivity index (χ0v) is 66.9. The SMILES string of the molecule is c1ccc(Nc2ccc(-c3nc(-c4ccccc4)nc(-c4cccc5c4oc4cccc(-c6nc(-c7ccccc7)c7oc8cc(-c9cccc(-c%10nc(-c%11cccc%12c%11oc%11cc(-c%13nc(-c%14ccccc%14)nc(-c%14ccc%15c(c%14)c%14ccccc%14n%15-c%14ccccc%14)n%13)ccc%11%12)nc%11c%10oc%10ccccc%10%11)c9)ccc8c7n6)c45)n3)cc2-c2ccccc2)cc1. The van der Waals surface area contributed by atoms with E-state index in [0.717, 1.165) is 138 Å². The first-order valence-electron chi connectivity index (χ1n) is 41.7. The molecule has 0 bridgehead atoms. The Hall–Kier alpha value is -17.5. The minimum atomic E-state index is 0.455. The van der Waals surface area contributed by atoms with Crippen LogP contribution in [0.25, 0.3) is 251 Å². The van der Waals surface area contributed by atoms with Gasteiger partial charge in [-0.15, -0.1) is 0 Å². The predicted octanol–water partition coefficient (Wildman–Crippen LogP) is 28.1. The van der Waals surface area contributed by atoms with E-state index in [-0.39, 0.29) is 0 Å². The third-order valence-electron chi connectivity index (χ3n) is 23.7. The first kappa shape index (κ1) is 71.4. The van der Waals surface area contributed by atoms with Crippen LogP contribution in [0.3, 0.4) is 0 Å². The van der Waals surface area contributed by atoms with Crippen LogP contribution in [-0.4, -0.2) is 54.4 Å². The molecule has 0 radical (unpaired) electrons. The summed E-state index contributed by atoms with van der Waals surface area (Å²) in [5.41, 5.74) is 24.7. The van der Waals surface area contributed by atoms with Crippen LogP contribution in [0.1, 0.15) is 0 Å². The highest BCUT2D eigenvalue weighted by atomic mass is 16.3. The van der Waals surface area contributed by atoms with Gasteiger partial charge in [-0.1, -0.05) is 255 Å². The van der Waals surface area contributed by atoms with Crippen LogP contribution in [-0.2, 0) is 0 Å². The Bertz CT molecular complexity index is 8690. The van der Waals surface area contributed by atoms with Crippen molar-refractivity contribution in [3.63, 3.8) is 0 Å². The van der Waals surface area contributed by atoms with E-state index in [1.54, 1.807) is 0 Å². The molecule has 16 nitrogen and oxygen atoms in total. The van der Waals surface area contributed by atoms with Gasteiger partial charge in [-0.3, -0.25) is 0 Å². The second-order valence-corrected chi connectivity index (χ2v) is 31.3. The summed E-state index contributed by atoms with van der Waals surface area (Å²) in [6.45, 7) is 0. The molecule has 126 heavy (non-hydrogen) atoms. The molecule has 1 N–H and O–H groups in total. The number of benzene rings is 16. The fraction of sp³-hybridized carbons (Fsp3) is 0. The Kier molecular flexibility index (Phi) is 16.5. The fourth-order valence-electron chi connectivity index (χ4n) is 17.8. The zero-order valence-electron chi connectivity index (χ0n) is 66.9. The highest BCUT2D eigenvalue weighted by molar-refractivity contribution is 6.17. The van der Waals surface area contributed by atoms with Gasteiger partial charge in [-0.2, -0.15) is 0 Å². The second-order valence-electron chi connectivity index (χ2n) is 31.3. The lowest BCUT2D eigenvalue weighted by Gasteiger charge is -2.15. The van der Waals surface area contributed by atoms with Gasteiger partial charge in [-0.05, 0) is 144 Å². The average Bonchev–Trinajstić information content (AvgIpc) is 1.58. The van der Waals surface area contributed by atoms with E-state index in [9.17, 15) is 0 Å². The highest BCUT2D eigenvalue weighted by Gasteiger charge is 2.28. The van der Waals surface area contributed by atoms with Crippen molar-refractivity contribution >= 4 is 121 Å². The Labute approximate surface area is 717 Å². The van der Waals surface area contributed by atoms with Gasteiger partial charge in [0.25, 0.3) is 0 Å². The third-order valence-corrected chi connectivity index (χ3v) is 23.7. The summed E-state index contributed by atoms with van der Waals surface area (Å²) in [5, 5.41) is 11.1. The number of hydrogen-bond acceptors (Lipinski definition) is 15. The molecule has 0 saturated carbocycles. The molecule has 0 spiro atoms. The maximum Gasteiger partial charge on any atom is 0.180 e. The van der Waals surface area contributed by atoms with Gasteiger partial charge in [0.05, 0.1) is 22.2 Å². The number of fused-ring (bicyclic) bond motifs is 15. The normalized spacial score (nSPS) is 11.8. The molecule has 0 saturated heterocycles. The fourth-order valence-corrected chi connectivity index (χ4v) is 17.8. The summed E-state index contributed by atoms with van der Waals surface area (Å²) < 4.78 is 30.3. The third kappa shape index (κ3) is 12.1. The van der Waals surface area contributed by atoms with Gasteiger partial charge >= 0.3 is 0 Å². The average molecular weight is 1620 g/mol. The van der Waals surface area contributed by atoms with Gasteiger partial charge in [0, 0.05) is 110 Å². The van der Waals surface area contributed by atoms with Crippen LogP contribution in [0.5, 0.6) is 0 Å². The summed E-state index contributed by atoms with van der Waals surface area (Å²) in [4.78, 5) is 53.2. The number of nitrogens with one attached hydrogen (secondary N) is 1. The van der Waals surface area contributed by atoms with Gasteiger partial charge in [0.1, 0.15) is 55.9 Å². The van der Waals surface area contributed by atoms with Gasteiger partial charge in [0.15, 0.2) is 57.8 Å². The Morgan fingerprint density at radius 3 is 1.33 bits per heavy atom. The molecule has 0 aliphatic heterocycles. The van der Waals surface area contributed by atoms with Crippen molar-refractivity contribution in [1.82, 2.24) is 54.4 Å². The van der Waals surface area contributed by atoms with Crippen molar-refractivity contribution in [2.24, 2.45) is 0 Å². The van der Waals surface area contributed by atoms with Crippen LogP contribution >= 0.6 is 0 Å². The summed E-state index contributed by atoms with van der Waals surface area (Å²) in [5.74, 6) is 4.07. The van der Waals surface area contributed by atoms with Crippen molar-refractivity contribution in [1.29, 1.82) is 0 Å². The Balaban J connectivity index is 0.574. The number of anilines is 2. The number of furan rings is 4. The lowest BCUT2D eigenvalue weighted by Crippen LogP contribution is -2.01. The van der Waals surface area contributed by atoms with Crippen LogP contribution in [0.4, 0.5) is 11.4 Å². The summed E-state index contributed by atoms with van der Waals surface area (Å²) >= 11 is 0. The molecule has 0 atom stereocenters. The summed E-state index contributed by atoms with van der Waals surface area (Å²) in [6, 6.07) is 130. The van der Waals surface area contributed by atoms with Crippen LogP contribution in [0.15, 0.2) is 400 Å². The lowest BCUT2D eigenvalue weighted by atomic mass is 10.00. The number of para-hydroxylation sites is 6. The van der Waals surface area contributed by atoms with Crippen molar-refractivity contribution in [2.45, 2.75) is 0 Å². The molecule has 25 rings (SSSR count). The largest absolute Gasteiger partial charge is 0.455 e. The molecular formula is C110H64N12O4. The van der Waals surface area contributed by atoms with Crippen molar-refractivity contribution < 1.29 is 17.7 Å².